The minimum Gasteiger partial charge on any atom is -0.429 e. The molecule has 1 saturated heterocycles. The summed E-state index contributed by atoms with van der Waals surface area (Å²) in [7, 11) is 0. The van der Waals surface area contributed by atoms with Crippen molar-refractivity contribution in [3.05, 3.63) is 83.7 Å². The third kappa shape index (κ3) is 7.25. The lowest BCUT2D eigenvalue weighted by Gasteiger charge is -2.33. The van der Waals surface area contributed by atoms with Crippen molar-refractivity contribution in [2.75, 3.05) is 13.2 Å². The second kappa shape index (κ2) is 12.5. The van der Waals surface area contributed by atoms with Gasteiger partial charge in [-0.2, -0.15) is 17.6 Å². The number of alkyl halides is 4. The van der Waals surface area contributed by atoms with E-state index in [0.29, 0.717) is 0 Å². The molecular formula is C29H27F7O4. The molecule has 1 fully saturated rings. The normalized spacial score (nSPS) is 18.0. The molecule has 0 aromatic heterocycles. The Labute approximate surface area is 226 Å². The standard InChI is InChI=1S/C29H27F7O4/c1-2-3-4-5-18-16-37-27(38-17-18)29(35,36)40-23-12-8-21(9-13-23)28(33,34)39-22-10-6-19(7-11-22)20-14-24(30)26(32)25(31)15-20/h6-15,18,27H,2-5,16-17H2,1H3. The summed E-state index contributed by atoms with van der Waals surface area (Å²) in [6.07, 6.45) is -5.80. The third-order valence-corrected chi connectivity index (χ3v) is 6.32. The first-order valence-electron chi connectivity index (χ1n) is 12.7. The number of halogens is 7. The van der Waals surface area contributed by atoms with E-state index in [1.165, 1.54) is 12.1 Å². The zero-order valence-electron chi connectivity index (χ0n) is 21.4. The number of ether oxygens (including phenoxy) is 4. The molecule has 1 aliphatic rings. The van der Waals surface area contributed by atoms with Crippen molar-refractivity contribution < 1.29 is 49.7 Å². The maximum absolute atomic E-state index is 14.7. The predicted octanol–water partition coefficient (Wildman–Crippen LogP) is 8.44. The number of hydrogen-bond acceptors (Lipinski definition) is 4. The molecule has 0 radical (unpaired) electrons. The van der Waals surface area contributed by atoms with E-state index in [1.54, 1.807) is 0 Å². The fraction of sp³-hybridized carbons (Fsp3) is 0.379. The molecule has 0 unspecified atom stereocenters. The van der Waals surface area contributed by atoms with Crippen molar-refractivity contribution in [1.82, 2.24) is 0 Å². The van der Waals surface area contributed by atoms with Crippen LogP contribution in [-0.2, 0) is 15.6 Å². The molecule has 1 heterocycles. The smallest absolute Gasteiger partial charge is 0.429 e. The summed E-state index contributed by atoms with van der Waals surface area (Å²) in [6, 6.07) is 9.97. The number of benzene rings is 3. The summed E-state index contributed by atoms with van der Waals surface area (Å²) in [4.78, 5) is 0. The van der Waals surface area contributed by atoms with Gasteiger partial charge in [-0.1, -0.05) is 38.3 Å². The maximum Gasteiger partial charge on any atom is 0.451 e. The number of hydrogen-bond donors (Lipinski definition) is 0. The van der Waals surface area contributed by atoms with Crippen LogP contribution in [0.3, 0.4) is 0 Å². The molecule has 4 nitrogen and oxygen atoms in total. The second-order valence-corrected chi connectivity index (χ2v) is 9.45. The van der Waals surface area contributed by atoms with Gasteiger partial charge in [0.2, 0.25) is 0 Å². The molecule has 3 aromatic rings. The van der Waals surface area contributed by atoms with Gasteiger partial charge in [0, 0.05) is 5.92 Å². The van der Waals surface area contributed by atoms with Crippen LogP contribution in [0.4, 0.5) is 30.7 Å². The molecule has 0 amide bonds. The van der Waals surface area contributed by atoms with E-state index in [-0.39, 0.29) is 41.8 Å². The van der Waals surface area contributed by atoms with Crippen LogP contribution in [0.2, 0.25) is 0 Å². The third-order valence-electron chi connectivity index (χ3n) is 6.32. The SMILES string of the molecule is CCCCCC1COC(C(F)(F)Oc2ccc(C(F)(F)Oc3ccc(-c4cc(F)c(F)c(F)c4)cc3)cc2)OC1. The monoisotopic (exact) mass is 572 g/mol. The average molecular weight is 573 g/mol. The van der Waals surface area contributed by atoms with E-state index in [2.05, 4.69) is 6.92 Å². The summed E-state index contributed by atoms with van der Waals surface area (Å²) in [5.41, 5.74) is -0.415. The number of unbranched alkanes of at least 4 members (excludes halogenated alkanes) is 2. The molecule has 0 saturated carbocycles. The molecule has 4 rings (SSSR count). The maximum atomic E-state index is 14.7. The van der Waals surface area contributed by atoms with E-state index >= 15 is 0 Å². The van der Waals surface area contributed by atoms with Gasteiger partial charge in [0.1, 0.15) is 11.5 Å². The van der Waals surface area contributed by atoms with Crippen molar-refractivity contribution >= 4 is 0 Å². The van der Waals surface area contributed by atoms with Gasteiger partial charge in [-0.25, -0.2) is 13.2 Å². The van der Waals surface area contributed by atoms with Crippen molar-refractivity contribution in [3.63, 3.8) is 0 Å². The Morgan fingerprint density at radius 2 is 1.30 bits per heavy atom. The summed E-state index contributed by atoms with van der Waals surface area (Å²) in [6.45, 7) is 2.28. The van der Waals surface area contributed by atoms with Gasteiger partial charge in [0.05, 0.1) is 18.8 Å². The Bertz CT molecular complexity index is 1240. The first kappa shape index (κ1) is 29.7. The molecule has 11 heteroatoms. The molecule has 0 spiro atoms. The van der Waals surface area contributed by atoms with Crippen LogP contribution in [0.25, 0.3) is 11.1 Å². The van der Waals surface area contributed by atoms with Crippen LogP contribution in [0, 0.1) is 23.4 Å². The first-order chi connectivity index (χ1) is 19.0. The average Bonchev–Trinajstić information content (AvgIpc) is 2.92. The predicted molar refractivity (Wildman–Crippen MR) is 132 cm³/mol. The lowest BCUT2D eigenvalue weighted by molar-refractivity contribution is -0.352. The fourth-order valence-corrected chi connectivity index (χ4v) is 4.15. The fourth-order valence-electron chi connectivity index (χ4n) is 4.15. The largest absolute Gasteiger partial charge is 0.451 e. The van der Waals surface area contributed by atoms with Gasteiger partial charge in [-0.05, 0) is 66.1 Å². The minimum atomic E-state index is -3.86. The topological polar surface area (TPSA) is 36.9 Å². The van der Waals surface area contributed by atoms with Crippen LogP contribution in [-0.4, -0.2) is 25.6 Å². The zero-order chi connectivity index (χ0) is 28.9. The van der Waals surface area contributed by atoms with Crippen LogP contribution in [0.15, 0.2) is 60.7 Å². The summed E-state index contributed by atoms with van der Waals surface area (Å²) >= 11 is 0. The van der Waals surface area contributed by atoms with Crippen LogP contribution in [0.5, 0.6) is 11.5 Å². The zero-order valence-corrected chi connectivity index (χ0v) is 21.4. The summed E-state index contributed by atoms with van der Waals surface area (Å²) in [5.74, 6) is -5.06. The van der Waals surface area contributed by atoms with Crippen LogP contribution < -0.4 is 9.47 Å². The van der Waals surface area contributed by atoms with E-state index < -0.39 is 41.5 Å². The molecule has 0 bridgehead atoms. The Hall–Kier alpha value is -3.31. The van der Waals surface area contributed by atoms with Gasteiger partial charge in [0.15, 0.2) is 17.5 Å². The van der Waals surface area contributed by atoms with E-state index in [4.69, 9.17) is 18.9 Å². The van der Waals surface area contributed by atoms with E-state index in [0.717, 1.165) is 74.2 Å². The first-order valence-corrected chi connectivity index (χ1v) is 12.7. The van der Waals surface area contributed by atoms with Crippen molar-refractivity contribution in [2.45, 2.75) is 51.1 Å². The lowest BCUT2D eigenvalue weighted by atomic mass is 10.0. The molecule has 216 valence electrons. The number of rotatable bonds is 11. The molecule has 3 aromatic carbocycles. The highest BCUT2D eigenvalue weighted by Crippen LogP contribution is 2.36. The van der Waals surface area contributed by atoms with Gasteiger partial charge in [-0.3, -0.25) is 0 Å². The summed E-state index contributed by atoms with van der Waals surface area (Å²) in [5, 5.41) is 0. The van der Waals surface area contributed by atoms with Crippen molar-refractivity contribution in [2.24, 2.45) is 5.92 Å². The van der Waals surface area contributed by atoms with Gasteiger partial charge >= 0.3 is 12.2 Å². The Morgan fingerprint density at radius 3 is 1.88 bits per heavy atom. The van der Waals surface area contributed by atoms with Crippen molar-refractivity contribution in [3.8, 4) is 22.6 Å². The Kier molecular flexibility index (Phi) is 9.25. The minimum absolute atomic E-state index is 0.00193. The van der Waals surface area contributed by atoms with Gasteiger partial charge in [0.25, 0.3) is 6.29 Å². The van der Waals surface area contributed by atoms with Crippen molar-refractivity contribution in [1.29, 1.82) is 0 Å². The highest BCUT2D eigenvalue weighted by molar-refractivity contribution is 5.64. The molecular weight excluding hydrogens is 545 g/mol. The second-order valence-electron chi connectivity index (χ2n) is 9.45. The van der Waals surface area contributed by atoms with E-state index in [9.17, 15) is 30.7 Å². The lowest BCUT2D eigenvalue weighted by Crippen LogP contribution is -2.47. The van der Waals surface area contributed by atoms with Gasteiger partial charge in [-0.15, -0.1) is 0 Å². The highest BCUT2D eigenvalue weighted by Gasteiger charge is 2.47. The highest BCUT2D eigenvalue weighted by atomic mass is 19.3. The molecule has 0 aliphatic carbocycles. The molecule has 0 atom stereocenters. The quantitative estimate of drug-likeness (QED) is 0.131. The Morgan fingerprint density at radius 1 is 0.750 bits per heavy atom. The summed E-state index contributed by atoms with van der Waals surface area (Å²) < 4.78 is 119. The van der Waals surface area contributed by atoms with E-state index in [1.807, 2.05) is 0 Å². The van der Waals surface area contributed by atoms with Crippen LogP contribution >= 0.6 is 0 Å². The molecule has 1 aliphatic heterocycles. The molecule has 40 heavy (non-hydrogen) atoms. The molecule has 0 N–H and O–H groups in total. The van der Waals surface area contributed by atoms with Gasteiger partial charge < -0.3 is 18.9 Å². The Balaban J connectivity index is 1.35. The van der Waals surface area contributed by atoms with Crippen LogP contribution in [0.1, 0.15) is 38.2 Å².